The molecule has 1 fully saturated rings. The first-order chi connectivity index (χ1) is 14.2. The lowest BCUT2D eigenvalue weighted by Gasteiger charge is -2.25. The first-order valence-electron chi connectivity index (χ1n) is 11.4. The number of pyridine rings is 1. The molecule has 0 bridgehead atoms. The molecule has 0 saturated carbocycles. The predicted octanol–water partition coefficient (Wildman–Crippen LogP) is -0.739. The summed E-state index contributed by atoms with van der Waals surface area (Å²) in [5.41, 5.74) is 3.27. The Morgan fingerprint density at radius 3 is 2.76 bits per heavy atom. The third-order valence-electron chi connectivity index (χ3n) is 6.40. The maximum atomic E-state index is 9.89. The molecule has 0 aromatic carbocycles. The van der Waals surface area contributed by atoms with Crippen molar-refractivity contribution >= 4 is 11.6 Å². The first-order valence-corrected chi connectivity index (χ1v) is 11.4. The zero-order valence-electron chi connectivity index (χ0n) is 18.4. The molecule has 29 heavy (non-hydrogen) atoms. The fourth-order valence-corrected chi connectivity index (χ4v) is 4.50. The fraction of sp³-hybridized carbons (Fsp3) is 0.727. The van der Waals surface area contributed by atoms with E-state index in [1.807, 2.05) is 0 Å². The van der Waals surface area contributed by atoms with Crippen LogP contribution in [-0.4, -0.2) is 59.0 Å². The topological polar surface area (TPSA) is 80.1 Å². The molecule has 7 nitrogen and oxygen atoms in total. The van der Waals surface area contributed by atoms with Crippen LogP contribution in [0.5, 0.6) is 0 Å². The third kappa shape index (κ3) is 5.59. The number of quaternary nitrogens is 2. The lowest BCUT2D eigenvalue weighted by molar-refractivity contribution is -0.896. The molecule has 1 unspecified atom stereocenters. The zero-order chi connectivity index (χ0) is 20.6. The Morgan fingerprint density at radius 1 is 1.24 bits per heavy atom. The number of aromatic nitrogens is 1. The smallest absolute Gasteiger partial charge is 0.237 e. The monoisotopic (exact) mass is 403 g/mol. The van der Waals surface area contributed by atoms with Gasteiger partial charge in [-0.15, -0.1) is 0 Å². The lowest BCUT2D eigenvalue weighted by atomic mass is 9.96. The van der Waals surface area contributed by atoms with Gasteiger partial charge in [-0.2, -0.15) is 5.26 Å². The van der Waals surface area contributed by atoms with E-state index in [1.54, 1.807) is 4.90 Å². The summed E-state index contributed by atoms with van der Waals surface area (Å²) in [6.45, 7) is 12.5. The Balaban J connectivity index is 1.75. The number of hydrogen-bond donors (Lipinski definition) is 4. The Morgan fingerprint density at radius 2 is 2.07 bits per heavy atom. The van der Waals surface area contributed by atoms with Gasteiger partial charge in [-0.05, 0) is 32.3 Å². The molecule has 3 heterocycles. The maximum Gasteiger partial charge on any atom is 0.237 e. The Kier molecular flexibility index (Phi) is 8.10. The molecular formula is C22H39N6O+3. The summed E-state index contributed by atoms with van der Waals surface area (Å²) in [6.07, 6.45) is 4.60. The first kappa shape index (κ1) is 21.8. The van der Waals surface area contributed by atoms with Crippen LogP contribution in [0, 0.1) is 11.3 Å². The highest BCUT2D eigenvalue weighted by Crippen LogP contribution is 2.26. The minimum Gasteiger partial charge on any atom is -0.375 e. The molecule has 1 saturated heterocycles. The average Bonchev–Trinajstić information content (AvgIpc) is 3.25. The zero-order valence-corrected chi connectivity index (χ0v) is 18.4. The van der Waals surface area contributed by atoms with Crippen LogP contribution >= 0.6 is 0 Å². The van der Waals surface area contributed by atoms with Crippen LogP contribution in [0.3, 0.4) is 0 Å². The number of ether oxygens (including phenoxy) is 1. The van der Waals surface area contributed by atoms with E-state index in [0.29, 0.717) is 0 Å². The van der Waals surface area contributed by atoms with Gasteiger partial charge < -0.3 is 25.2 Å². The number of nitrogens with one attached hydrogen (secondary N) is 5. The van der Waals surface area contributed by atoms with E-state index in [9.17, 15) is 5.26 Å². The molecule has 7 heteroatoms. The number of aromatic amines is 1. The van der Waals surface area contributed by atoms with E-state index in [4.69, 9.17) is 4.74 Å². The van der Waals surface area contributed by atoms with Gasteiger partial charge in [0.2, 0.25) is 11.6 Å². The Hall–Kier alpha value is -1.88. The predicted molar refractivity (Wildman–Crippen MR) is 114 cm³/mol. The van der Waals surface area contributed by atoms with Gasteiger partial charge in [0.1, 0.15) is 18.2 Å². The highest BCUT2D eigenvalue weighted by atomic mass is 16.5. The van der Waals surface area contributed by atoms with Crippen molar-refractivity contribution in [3.8, 4) is 6.07 Å². The van der Waals surface area contributed by atoms with E-state index in [-0.39, 0.29) is 6.10 Å². The Labute approximate surface area is 175 Å². The summed E-state index contributed by atoms with van der Waals surface area (Å²) in [7, 11) is 2.22. The van der Waals surface area contributed by atoms with Gasteiger partial charge >= 0.3 is 0 Å². The van der Waals surface area contributed by atoms with Gasteiger partial charge in [-0.25, -0.2) is 4.98 Å². The standard InChI is InChI=1S/C22H36N6O/c1-4-28(5-2)11-7-10-24-21-19(14-23)18-9-12-27(3)16-20(18)22(26-21)25-15-17-8-6-13-29-17/h17H,4-13,15-16H2,1-3H3,(H2,24,25,26)/p+3/t17-/m1/s1. The second kappa shape index (κ2) is 10.8. The van der Waals surface area contributed by atoms with E-state index < -0.39 is 0 Å². The van der Waals surface area contributed by atoms with Crippen LogP contribution in [-0.2, 0) is 17.7 Å². The number of hydrogen-bond acceptors (Lipinski definition) is 4. The molecule has 160 valence electrons. The summed E-state index contributed by atoms with van der Waals surface area (Å²) in [5, 5.41) is 17.0. The van der Waals surface area contributed by atoms with E-state index in [1.165, 1.54) is 16.0 Å². The highest BCUT2D eigenvalue weighted by molar-refractivity contribution is 5.60. The van der Waals surface area contributed by atoms with Gasteiger partial charge in [0.15, 0.2) is 0 Å². The molecule has 1 aromatic heterocycles. The molecule has 0 amide bonds. The van der Waals surface area contributed by atoms with Crippen LogP contribution in [0.4, 0.5) is 11.6 Å². The van der Waals surface area contributed by atoms with Gasteiger partial charge in [-0.3, -0.25) is 0 Å². The molecular weight excluding hydrogens is 364 g/mol. The number of nitrogens with zero attached hydrogens (tertiary/aromatic N) is 1. The number of nitriles is 1. The van der Waals surface area contributed by atoms with Crippen molar-refractivity contribution in [2.75, 3.05) is 63.6 Å². The normalized spacial score (nSPS) is 21.1. The van der Waals surface area contributed by atoms with Crippen LogP contribution < -0.4 is 25.4 Å². The molecule has 5 N–H and O–H groups in total. The molecule has 0 radical (unpaired) electrons. The van der Waals surface area contributed by atoms with Gasteiger partial charge in [0, 0.05) is 19.4 Å². The van der Waals surface area contributed by atoms with Crippen molar-refractivity contribution in [1.29, 1.82) is 5.26 Å². The van der Waals surface area contributed by atoms with E-state index >= 15 is 0 Å². The minimum absolute atomic E-state index is 0.289. The molecule has 3 rings (SSSR count). The molecule has 2 atom stereocenters. The average molecular weight is 404 g/mol. The van der Waals surface area contributed by atoms with Crippen molar-refractivity contribution in [3.05, 3.63) is 16.7 Å². The van der Waals surface area contributed by atoms with E-state index in [0.717, 1.165) is 95.3 Å². The van der Waals surface area contributed by atoms with Crippen molar-refractivity contribution in [1.82, 2.24) is 0 Å². The summed E-state index contributed by atoms with van der Waals surface area (Å²) >= 11 is 0. The third-order valence-corrected chi connectivity index (χ3v) is 6.40. The number of likely N-dealkylation sites (N-methyl/N-ethyl adjacent to an activating group) is 1. The molecule has 0 spiro atoms. The molecule has 0 aliphatic carbocycles. The quantitative estimate of drug-likeness (QED) is 0.388. The van der Waals surface area contributed by atoms with Crippen molar-refractivity contribution in [3.63, 3.8) is 0 Å². The van der Waals surface area contributed by atoms with Crippen LogP contribution in [0.25, 0.3) is 0 Å². The van der Waals surface area contributed by atoms with Gasteiger partial charge in [-0.1, -0.05) is 0 Å². The second-order valence-electron chi connectivity index (χ2n) is 8.46. The summed E-state index contributed by atoms with van der Waals surface area (Å²) in [6, 6.07) is 2.47. The van der Waals surface area contributed by atoms with Crippen molar-refractivity contribution < 1.29 is 19.5 Å². The number of rotatable bonds is 10. The van der Waals surface area contributed by atoms with Crippen LogP contribution in [0.1, 0.15) is 49.8 Å². The largest absolute Gasteiger partial charge is 0.375 e. The van der Waals surface area contributed by atoms with Crippen LogP contribution in [0.15, 0.2) is 0 Å². The molecule has 2 aliphatic rings. The number of H-pyrrole nitrogens is 1. The SMILES string of the molecule is CC[NH+](CC)CCCNc1[nH+]c(NC[C@H]2CCCO2)c2c(c1C#N)CC[NH+](C)C2. The van der Waals surface area contributed by atoms with Crippen molar-refractivity contribution in [2.45, 2.75) is 52.2 Å². The van der Waals surface area contributed by atoms with Crippen LogP contribution in [0.2, 0.25) is 0 Å². The Bertz CT molecular complexity index is 706. The summed E-state index contributed by atoms with van der Waals surface area (Å²) in [5.74, 6) is 1.93. The number of fused-ring (bicyclic) bond motifs is 1. The summed E-state index contributed by atoms with van der Waals surface area (Å²) < 4.78 is 5.79. The molecule has 1 aromatic rings. The van der Waals surface area contributed by atoms with Crippen molar-refractivity contribution in [2.24, 2.45) is 0 Å². The van der Waals surface area contributed by atoms with Gasteiger partial charge in [0.05, 0.1) is 58.0 Å². The maximum absolute atomic E-state index is 9.89. The minimum atomic E-state index is 0.289. The van der Waals surface area contributed by atoms with E-state index in [2.05, 4.69) is 42.6 Å². The lowest BCUT2D eigenvalue weighted by Crippen LogP contribution is -3.11. The van der Waals surface area contributed by atoms with Gasteiger partial charge in [0.25, 0.3) is 0 Å². The molecule has 2 aliphatic heterocycles. The fourth-order valence-electron chi connectivity index (χ4n) is 4.50. The second-order valence-corrected chi connectivity index (χ2v) is 8.46. The highest BCUT2D eigenvalue weighted by Gasteiger charge is 2.29. The number of anilines is 2. The summed E-state index contributed by atoms with van der Waals surface area (Å²) in [4.78, 5) is 6.63.